The normalized spacial score (nSPS) is 15.1. The van der Waals surface area contributed by atoms with Crippen LogP contribution in [0.2, 0.25) is 0 Å². The summed E-state index contributed by atoms with van der Waals surface area (Å²) in [4.78, 5) is 16.3. The Morgan fingerprint density at radius 3 is 2.52 bits per heavy atom. The molecule has 1 aliphatic carbocycles. The maximum Gasteiger partial charge on any atom is 0.264 e. The lowest BCUT2D eigenvalue weighted by molar-refractivity contribution is 0.0980. The third kappa shape index (κ3) is 4.17. The fourth-order valence-electron chi connectivity index (χ4n) is 2.85. The van der Waals surface area contributed by atoms with Crippen molar-refractivity contribution in [3.8, 4) is 11.5 Å². The standard InChI is InChI=1S/C18H20N2O4S/c1-13-6-7-14(12-17(13)24-15-8-10-19-11-9-15)18(21)20-25(22,23)16-4-2-3-5-16/h6-12,16H,2-5H2,1H3,(H,20,21). The molecule has 0 spiro atoms. The highest BCUT2D eigenvalue weighted by Crippen LogP contribution is 2.27. The van der Waals surface area contributed by atoms with Crippen molar-refractivity contribution in [3.63, 3.8) is 0 Å². The van der Waals surface area contributed by atoms with E-state index in [1.165, 1.54) is 0 Å². The lowest BCUT2D eigenvalue weighted by Crippen LogP contribution is -2.37. The van der Waals surface area contributed by atoms with E-state index >= 15 is 0 Å². The second kappa shape index (κ2) is 7.23. The van der Waals surface area contributed by atoms with Crippen LogP contribution in [0.25, 0.3) is 0 Å². The summed E-state index contributed by atoms with van der Waals surface area (Å²) in [7, 11) is -3.64. The Bertz CT molecular complexity index is 860. The molecule has 0 saturated heterocycles. The van der Waals surface area contributed by atoms with Gasteiger partial charge < -0.3 is 4.74 Å². The summed E-state index contributed by atoms with van der Waals surface area (Å²) in [6.07, 6.45) is 6.19. The maximum absolute atomic E-state index is 12.4. The first-order valence-electron chi connectivity index (χ1n) is 8.20. The fourth-order valence-corrected chi connectivity index (χ4v) is 4.35. The van der Waals surface area contributed by atoms with Crippen LogP contribution in [0.1, 0.15) is 41.6 Å². The zero-order valence-corrected chi connectivity index (χ0v) is 14.8. The summed E-state index contributed by atoms with van der Waals surface area (Å²) < 4.78 is 32.5. The highest BCUT2D eigenvalue weighted by molar-refractivity contribution is 7.90. The zero-order valence-electron chi connectivity index (χ0n) is 13.9. The maximum atomic E-state index is 12.4. The van der Waals surface area contributed by atoms with E-state index in [-0.39, 0.29) is 5.56 Å². The van der Waals surface area contributed by atoms with E-state index in [0.717, 1.165) is 18.4 Å². The largest absolute Gasteiger partial charge is 0.457 e. The molecule has 1 fully saturated rings. The van der Waals surface area contributed by atoms with Crippen LogP contribution >= 0.6 is 0 Å². The number of aromatic nitrogens is 1. The molecule has 0 atom stereocenters. The highest BCUT2D eigenvalue weighted by Gasteiger charge is 2.30. The van der Waals surface area contributed by atoms with Crippen molar-refractivity contribution in [1.29, 1.82) is 0 Å². The summed E-state index contributed by atoms with van der Waals surface area (Å²) in [6, 6.07) is 8.28. The molecule has 0 unspecified atom stereocenters. The van der Waals surface area contributed by atoms with E-state index in [4.69, 9.17) is 4.74 Å². The molecule has 3 rings (SSSR count). The van der Waals surface area contributed by atoms with E-state index in [1.807, 2.05) is 6.92 Å². The predicted molar refractivity (Wildman–Crippen MR) is 94.1 cm³/mol. The van der Waals surface area contributed by atoms with Gasteiger partial charge in [-0.15, -0.1) is 0 Å². The van der Waals surface area contributed by atoms with Gasteiger partial charge in [0, 0.05) is 18.0 Å². The van der Waals surface area contributed by atoms with E-state index < -0.39 is 21.2 Å². The SMILES string of the molecule is Cc1ccc(C(=O)NS(=O)(=O)C2CCCC2)cc1Oc1ccncc1. The first-order valence-corrected chi connectivity index (χ1v) is 9.75. The number of hydrogen-bond acceptors (Lipinski definition) is 5. The van der Waals surface area contributed by atoms with Crippen molar-refractivity contribution in [2.45, 2.75) is 37.9 Å². The molecule has 0 bridgehead atoms. The minimum Gasteiger partial charge on any atom is -0.457 e. The summed E-state index contributed by atoms with van der Waals surface area (Å²) in [5, 5.41) is -0.477. The summed E-state index contributed by atoms with van der Waals surface area (Å²) in [5.74, 6) is 0.456. The Kier molecular flexibility index (Phi) is 5.03. The molecule has 1 amide bonds. The number of benzene rings is 1. The average Bonchev–Trinajstić information content (AvgIpc) is 3.13. The van der Waals surface area contributed by atoms with Crippen molar-refractivity contribution in [3.05, 3.63) is 53.9 Å². The lowest BCUT2D eigenvalue weighted by atomic mass is 10.1. The van der Waals surface area contributed by atoms with Gasteiger partial charge >= 0.3 is 0 Å². The molecule has 7 heteroatoms. The van der Waals surface area contributed by atoms with Gasteiger partial charge in [0.2, 0.25) is 10.0 Å². The van der Waals surface area contributed by atoms with Crippen molar-refractivity contribution in [2.24, 2.45) is 0 Å². The molecule has 1 aliphatic rings. The molecule has 132 valence electrons. The summed E-state index contributed by atoms with van der Waals surface area (Å²) >= 11 is 0. The summed E-state index contributed by atoms with van der Waals surface area (Å²) in [6.45, 7) is 1.85. The molecule has 25 heavy (non-hydrogen) atoms. The van der Waals surface area contributed by atoms with Crippen LogP contribution < -0.4 is 9.46 Å². The smallest absolute Gasteiger partial charge is 0.264 e. The number of carbonyl (C=O) groups is 1. The number of rotatable bonds is 5. The molecular formula is C18H20N2O4S. The van der Waals surface area contributed by atoms with Crippen LogP contribution in [0.4, 0.5) is 0 Å². The van der Waals surface area contributed by atoms with Crippen LogP contribution in [0.15, 0.2) is 42.7 Å². The number of hydrogen-bond donors (Lipinski definition) is 1. The molecule has 1 aromatic heterocycles. The Labute approximate surface area is 147 Å². The van der Waals surface area contributed by atoms with Gasteiger partial charge in [0.25, 0.3) is 5.91 Å². The quantitative estimate of drug-likeness (QED) is 0.885. The van der Waals surface area contributed by atoms with Crippen LogP contribution in [0, 0.1) is 6.92 Å². The van der Waals surface area contributed by atoms with Crippen molar-refractivity contribution >= 4 is 15.9 Å². The molecule has 0 radical (unpaired) electrons. The van der Waals surface area contributed by atoms with Crippen LogP contribution in [0.3, 0.4) is 0 Å². The number of ether oxygens (including phenoxy) is 1. The number of nitrogens with one attached hydrogen (secondary N) is 1. The molecule has 1 aromatic carbocycles. The minimum absolute atomic E-state index is 0.247. The monoisotopic (exact) mass is 360 g/mol. The van der Waals surface area contributed by atoms with E-state index in [0.29, 0.717) is 24.3 Å². The van der Waals surface area contributed by atoms with Gasteiger partial charge in [0.05, 0.1) is 5.25 Å². The predicted octanol–water partition coefficient (Wildman–Crippen LogP) is 3.18. The molecule has 0 aliphatic heterocycles. The van der Waals surface area contributed by atoms with Gasteiger partial charge in [-0.25, -0.2) is 13.1 Å². The Hall–Kier alpha value is -2.41. The molecule has 6 nitrogen and oxygen atoms in total. The van der Waals surface area contributed by atoms with Crippen LogP contribution in [-0.2, 0) is 10.0 Å². The highest BCUT2D eigenvalue weighted by atomic mass is 32.2. The number of amides is 1. The molecular weight excluding hydrogens is 340 g/mol. The van der Waals surface area contributed by atoms with Crippen molar-refractivity contribution in [2.75, 3.05) is 0 Å². The lowest BCUT2D eigenvalue weighted by Gasteiger charge is -2.14. The van der Waals surface area contributed by atoms with Gasteiger partial charge in [0.15, 0.2) is 0 Å². The van der Waals surface area contributed by atoms with Gasteiger partial charge in [0.1, 0.15) is 11.5 Å². The second-order valence-corrected chi connectivity index (χ2v) is 8.11. The Morgan fingerprint density at radius 1 is 1.16 bits per heavy atom. The third-order valence-corrected chi connectivity index (χ3v) is 6.12. The van der Waals surface area contributed by atoms with Gasteiger partial charge in [-0.1, -0.05) is 18.9 Å². The fraction of sp³-hybridized carbons (Fsp3) is 0.333. The van der Waals surface area contributed by atoms with E-state index in [1.54, 1.807) is 42.7 Å². The molecule has 2 aromatic rings. The van der Waals surface area contributed by atoms with Gasteiger partial charge in [-0.2, -0.15) is 0 Å². The van der Waals surface area contributed by atoms with E-state index in [9.17, 15) is 13.2 Å². The number of pyridine rings is 1. The number of sulfonamides is 1. The zero-order chi connectivity index (χ0) is 17.9. The second-order valence-electron chi connectivity index (χ2n) is 6.15. The van der Waals surface area contributed by atoms with Crippen molar-refractivity contribution in [1.82, 2.24) is 9.71 Å². The van der Waals surface area contributed by atoms with Crippen LogP contribution in [0.5, 0.6) is 11.5 Å². The Morgan fingerprint density at radius 2 is 1.84 bits per heavy atom. The van der Waals surface area contributed by atoms with Gasteiger partial charge in [-0.05, 0) is 49.6 Å². The first kappa shape index (κ1) is 17.4. The molecule has 1 heterocycles. The van der Waals surface area contributed by atoms with Crippen molar-refractivity contribution < 1.29 is 17.9 Å². The Balaban J connectivity index is 1.78. The minimum atomic E-state index is -3.64. The van der Waals surface area contributed by atoms with Gasteiger partial charge in [-0.3, -0.25) is 9.78 Å². The first-order chi connectivity index (χ1) is 12.0. The average molecular weight is 360 g/mol. The number of nitrogens with zero attached hydrogens (tertiary/aromatic N) is 1. The van der Waals surface area contributed by atoms with Crippen LogP contribution in [-0.4, -0.2) is 24.6 Å². The topological polar surface area (TPSA) is 85.4 Å². The molecule has 1 N–H and O–H groups in total. The van der Waals surface area contributed by atoms with E-state index in [2.05, 4.69) is 9.71 Å². The summed E-state index contributed by atoms with van der Waals surface area (Å²) in [5.41, 5.74) is 1.09. The number of carbonyl (C=O) groups excluding carboxylic acids is 1. The number of aryl methyl sites for hydroxylation is 1. The molecule has 1 saturated carbocycles. The third-order valence-electron chi connectivity index (χ3n) is 4.30.